The lowest BCUT2D eigenvalue weighted by Gasteiger charge is -2.25. The molecule has 0 radical (unpaired) electrons. The summed E-state index contributed by atoms with van der Waals surface area (Å²) < 4.78 is 0. The monoisotopic (exact) mass is 263 g/mol. The van der Waals surface area contributed by atoms with Crippen LogP contribution in [-0.4, -0.2) is 17.6 Å². The van der Waals surface area contributed by atoms with E-state index in [4.69, 9.17) is 0 Å². The highest BCUT2D eigenvalue weighted by Crippen LogP contribution is 2.20. The first-order valence-corrected chi connectivity index (χ1v) is 6.94. The van der Waals surface area contributed by atoms with Crippen molar-refractivity contribution in [2.75, 3.05) is 6.54 Å². The third kappa shape index (κ3) is 4.67. The summed E-state index contributed by atoms with van der Waals surface area (Å²) in [5.41, 5.74) is 0.630. The molecule has 0 saturated carbocycles. The Morgan fingerprint density at radius 1 is 1.11 bits per heavy atom. The third-order valence-electron chi connectivity index (χ3n) is 3.59. The van der Waals surface area contributed by atoms with Crippen LogP contribution in [0.1, 0.15) is 39.4 Å². The molecule has 1 atom stereocenters. The van der Waals surface area contributed by atoms with E-state index in [1.54, 1.807) is 12.1 Å². The summed E-state index contributed by atoms with van der Waals surface area (Å²) in [4.78, 5) is 11.9. The van der Waals surface area contributed by atoms with Crippen LogP contribution in [0, 0.1) is 17.8 Å². The van der Waals surface area contributed by atoms with Gasteiger partial charge in [-0.15, -0.1) is 0 Å². The van der Waals surface area contributed by atoms with Crippen LogP contribution in [0.25, 0.3) is 0 Å². The average Bonchev–Trinajstić information content (AvgIpc) is 2.38. The van der Waals surface area contributed by atoms with E-state index in [2.05, 4.69) is 33.0 Å². The first-order chi connectivity index (χ1) is 8.93. The molecule has 0 aromatic heterocycles. The van der Waals surface area contributed by atoms with Gasteiger partial charge in [-0.1, -0.05) is 58.0 Å². The Balaban J connectivity index is 2.56. The SMILES string of the molecule is CC(C)C(CNC(=O)C(O)c1ccccc1)C(C)C. The molecule has 0 spiro atoms. The van der Waals surface area contributed by atoms with Crippen LogP contribution in [0.5, 0.6) is 0 Å². The van der Waals surface area contributed by atoms with Crippen molar-refractivity contribution >= 4 is 5.91 Å². The van der Waals surface area contributed by atoms with Gasteiger partial charge in [0.1, 0.15) is 0 Å². The Kier molecular flexibility index (Phi) is 6.03. The molecule has 0 aliphatic rings. The molecule has 0 fully saturated rings. The predicted molar refractivity (Wildman–Crippen MR) is 77.6 cm³/mol. The van der Waals surface area contributed by atoms with E-state index < -0.39 is 6.10 Å². The fourth-order valence-corrected chi connectivity index (χ4v) is 2.34. The van der Waals surface area contributed by atoms with Crippen molar-refractivity contribution < 1.29 is 9.90 Å². The van der Waals surface area contributed by atoms with Crippen LogP contribution < -0.4 is 5.32 Å². The number of aliphatic hydroxyl groups is 1. The minimum absolute atomic E-state index is 0.322. The molecule has 1 amide bonds. The first-order valence-electron chi connectivity index (χ1n) is 6.94. The Morgan fingerprint density at radius 2 is 1.63 bits per heavy atom. The number of aliphatic hydroxyl groups excluding tert-OH is 1. The Bertz CT molecular complexity index is 379. The summed E-state index contributed by atoms with van der Waals surface area (Å²) in [6.45, 7) is 9.24. The molecular formula is C16H25NO2. The third-order valence-corrected chi connectivity index (χ3v) is 3.59. The van der Waals surface area contributed by atoms with E-state index in [9.17, 15) is 9.90 Å². The maximum Gasteiger partial charge on any atom is 0.253 e. The summed E-state index contributed by atoms with van der Waals surface area (Å²) in [5, 5.41) is 12.8. The van der Waals surface area contributed by atoms with Crippen molar-refractivity contribution in [1.29, 1.82) is 0 Å². The van der Waals surface area contributed by atoms with E-state index in [1.807, 2.05) is 18.2 Å². The van der Waals surface area contributed by atoms with Gasteiger partial charge in [-0.25, -0.2) is 0 Å². The van der Waals surface area contributed by atoms with Crippen LogP contribution in [0.4, 0.5) is 0 Å². The van der Waals surface area contributed by atoms with Gasteiger partial charge < -0.3 is 10.4 Å². The number of hydrogen-bond acceptors (Lipinski definition) is 2. The predicted octanol–water partition coefficient (Wildman–Crippen LogP) is 2.76. The number of amides is 1. The largest absolute Gasteiger partial charge is 0.378 e. The van der Waals surface area contributed by atoms with Gasteiger partial charge in [0.25, 0.3) is 5.91 Å². The zero-order valence-electron chi connectivity index (χ0n) is 12.3. The average molecular weight is 263 g/mol. The molecule has 1 unspecified atom stereocenters. The molecule has 19 heavy (non-hydrogen) atoms. The van der Waals surface area contributed by atoms with Gasteiger partial charge in [0.05, 0.1) is 0 Å². The fourth-order valence-electron chi connectivity index (χ4n) is 2.34. The zero-order chi connectivity index (χ0) is 14.4. The molecule has 0 aliphatic heterocycles. The van der Waals surface area contributed by atoms with E-state index >= 15 is 0 Å². The van der Waals surface area contributed by atoms with Crippen molar-refractivity contribution in [2.24, 2.45) is 17.8 Å². The molecule has 0 saturated heterocycles. The number of carbonyl (C=O) groups excluding carboxylic acids is 1. The molecule has 2 N–H and O–H groups in total. The maximum absolute atomic E-state index is 11.9. The molecule has 3 nitrogen and oxygen atoms in total. The van der Waals surface area contributed by atoms with Crippen molar-refractivity contribution in [3.05, 3.63) is 35.9 Å². The molecule has 0 aliphatic carbocycles. The molecule has 1 rings (SSSR count). The van der Waals surface area contributed by atoms with Crippen LogP contribution >= 0.6 is 0 Å². The Morgan fingerprint density at radius 3 is 2.11 bits per heavy atom. The number of rotatable bonds is 6. The molecule has 3 heteroatoms. The topological polar surface area (TPSA) is 49.3 Å². The van der Waals surface area contributed by atoms with Gasteiger partial charge >= 0.3 is 0 Å². The smallest absolute Gasteiger partial charge is 0.253 e. The van der Waals surface area contributed by atoms with E-state index in [-0.39, 0.29) is 5.91 Å². The minimum atomic E-state index is -1.08. The highest BCUT2D eigenvalue weighted by molar-refractivity contribution is 5.81. The molecule has 0 bridgehead atoms. The van der Waals surface area contributed by atoms with Gasteiger partial charge in [-0.3, -0.25) is 4.79 Å². The van der Waals surface area contributed by atoms with Gasteiger partial charge in [0.15, 0.2) is 6.10 Å². The molecule has 0 heterocycles. The summed E-state index contributed by atoms with van der Waals surface area (Å²) in [5.74, 6) is 1.12. The summed E-state index contributed by atoms with van der Waals surface area (Å²) in [6.07, 6.45) is -1.08. The lowest BCUT2D eigenvalue weighted by atomic mass is 9.85. The summed E-state index contributed by atoms with van der Waals surface area (Å²) in [6, 6.07) is 9.01. The highest BCUT2D eigenvalue weighted by Gasteiger charge is 2.21. The zero-order valence-corrected chi connectivity index (χ0v) is 12.3. The Labute approximate surface area is 116 Å². The second-order valence-electron chi connectivity index (χ2n) is 5.71. The van der Waals surface area contributed by atoms with Crippen molar-refractivity contribution in [3.8, 4) is 0 Å². The Hall–Kier alpha value is -1.35. The van der Waals surface area contributed by atoms with E-state index in [1.165, 1.54) is 0 Å². The van der Waals surface area contributed by atoms with Crippen LogP contribution in [0.2, 0.25) is 0 Å². The van der Waals surface area contributed by atoms with E-state index in [0.29, 0.717) is 29.9 Å². The molecule has 1 aromatic rings. The number of nitrogens with one attached hydrogen (secondary N) is 1. The summed E-state index contributed by atoms with van der Waals surface area (Å²) >= 11 is 0. The minimum Gasteiger partial charge on any atom is -0.378 e. The highest BCUT2D eigenvalue weighted by atomic mass is 16.3. The van der Waals surface area contributed by atoms with Crippen molar-refractivity contribution in [3.63, 3.8) is 0 Å². The molecule has 1 aromatic carbocycles. The van der Waals surface area contributed by atoms with Crippen LogP contribution in [0.15, 0.2) is 30.3 Å². The van der Waals surface area contributed by atoms with Gasteiger partial charge in [-0.05, 0) is 23.3 Å². The van der Waals surface area contributed by atoms with Gasteiger partial charge in [0.2, 0.25) is 0 Å². The second-order valence-corrected chi connectivity index (χ2v) is 5.71. The van der Waals surface area contributed by atoms with Crippen molar-refractivity contribution in [2.45, 2.75) is 33.8 Å². The fraction of sp³-hybridized carbons (Fsp3) is 0.562. The van der Waals surface area contributed by atoms with Gasteiger partial charge in [0, 0.05) is 6.54 Å². The quantitative estimate of drug-likeness (QED) is 0.829. The normalized spacial score (nSPS) is 13.1. The molecule has 106 valence electrons. The first kappa shape index (κ1) is 15.7. The maximum atomic E-state index is 11.9. The lowest BCUT2D eigenvalue weighted by Crippen LogP contribution is -2.36. The lowest BCUT2D eigenvalue weighted by molar-refractivity contribution is -0.130. The van der Waals surface area contributed by atoms with Gasteiger partial charge in [-0.2, -0.15) is 0 Å². The van der Waals surface area contributed by atoms with E-state index in [0.717, 1.165) is 0 Å². The number of carbonyl (C=O) groups is 1. The molecular weight excluding hydrogens is 238 g/mol. The second kappa shape index (κ2) is 7.29. The van der Waals surface area contributed by atoms with Crippen molar-refractivity contribution in [1.82, 2.24) is 5.32 Å². The number of benzene rings is 1. The summed E-state index contributed by atoms with van der Waals surface area (Å²) in [7, 11) is 0. The van der Waals surface area contributed by atoms with Crippen LogP contribution in [0.3, 0.4) is 0 Å². The standard InChI is InChI=1S/C16H25NO2/c1-11(2)14(12(3)4)10-17-16(19)15(18)13-8-6-5-7-9-13/h5-9,11-12,14-15,18H,10H2,1-4H3,(H,17,19). The number of hydrogen-bond donors (Lipinski definition) is 2. The van der Waals surface area contributed by atoms with Crippen LogP contribution in [-0.2, 0) is 4.79 Å².